The number of nitrogens with zero attached hydrogens (tertiary/aromatic N) is 1. The number of carbonyl (C=O) groups excluding carboxylic acids is 1. The zero-order chi connectivity index (χ0) is 17.7. The fraction of sp³-hybridized carbons (Fsp3) is 0.0588. The molecule has 5 nitrogen and oxygen atoms in total. The predicted octanol–water partition coefficient (Wildman–Crippen LogP) is 3.95. The average molecular weight is 346 g/mol. The van der Waals surface area contributed by atoms with Crippen LogP contribution in [0.3, 0.4) is 0 Å². The lowest BCUT2D eigenvalue weighted by Crippen LogP contribution is -2.15. The Bertz CT molecular complexity index is 859. The topological polar surface area (TPSA) is 85.2 Å². The van der Waals surface area contributed by atoms with Crippen LogP contribution in [0.1, 0.15) is 5.56 Å². The second-order valence-corrected chi connectivity index (χ2v) is 5.30. The van der Waals surface area contributed by atoms with Gasteiger partial charge in [-0.15, -0.1) is 0 Å². The van der Waals surface area contributed by atoms with Gasteiger partial charge in [-0.2, -0.15) is 5.26 Å². The number of phenols is 1. The van der Waals surface area contributed by atoms with Crippen molar-refractivity contribution in [3.8, 4) is 11.8 Å². The number of nitriles is 1. The molecule has 0 fully saturated rings. The quantitative estimate of drug-likeness (QED) is 0.445. The summed E-state index contributed by atoms with van der Waals surface area (Å²) >= 11 is 5.66. The average Bonchev–Trinajstić information content (AvgIpc) is 2.54. The van der Waals surface area contributed by atoms with Gasteiger partial charge in [0.15, 0.2) is 0 Å². The van der Waals surface area contributed by atoms with Crippen molar-refractivity contribution in [3.05, 3.63) is 64.6 Å². The van der Waals surface area contributed by atoms with Crippen LogP contribution in [0, 0.1) is 24.1 Å². The molecule has 24 heavy (non-hydrogen) atoms. The summed E-state index contributed by atoms with van der Waals surface area (Å²) < 4.78 is 13.1. The summed E-state index contributed by atoms with van der Waals surface area (Å²) in [4.78, 5) is 12.1. The summed E-state index contributed by atoms with van der Waals surface area (Å²) in [5, 5.41) is 23.7. The van der Waals surface area contributed by atoms with Crippen molar-refractivity contribution in [3.63, 3.8) is 0 Å². The molecule has 0 bridgehead atoms. The van der Waals surface area contributed by atoms with Gasteiger partial charge in [0.05, 0.1) is 5.02 Å². The molecule has 1 amide bonds. The third-order valence-electron chi connectivity index (χ3n) is 3.13. The monoisotopic (exact) mass is 345 g/mol. The van der Waals surface area contributed by atoms with E-state index in [0.29, 0.717) is 16.9 Å². The number of aromatic hydroxyl groups is 1. The van der Waals surface area contributed by atoms with Crippen LogP contribution in [0.5, 0.6) is 5.75 Å². The molecule has 122 valence electrons. The highest BCUT2D eigenvalue weighted by Gasteiger charge is 2.11. The van der Waals surface area contributed by atoms with Crippen molar-refractivity contribution in [2.75, 3.05) is 10.6 Å². The molecule has 0 saturated carbocycles. The van der Waals surface area contributed by atoms with Gasteiger partial charge in [0.1, 0.15) is 23.2 Å². The van der Waals surface area contributed by atoms with Crippen LogP contribution in [-0.2, 0) is 4.79 Å². The minimum absolute atomic E-state index is 0.0731. The Labute approximate surface area is 143 Å². The lowest BCUT2D eigenvalue weighted by molar-refractivity contribution is -0.112. The number of benzene rings is 2. The van der Waals surface area contributed by atoms with Crippen LogP contribution in [-0.4, -0.2) is 11.0 Å². The van der Waals surface area contributed by atoms with Gasteiger partial charge in [0.2, 0.25) is 0 Å². The van der Waals surface area contributed by atoms with Gasteiger partial charge >= 0.3 is 0 Å². The first-order valence-electron chi connectivity index (χ1n) is 6.83. The van der Waals surface area contributed by atoms with Crippen LogP contribution in [0.4, 0.5) is 15.8 Å². The van der Waals surface area contributed by atoms with Crippen molar-refractivity contribution in [1.29, 1.82) is 5.26 Å². The highest BCUT2D eigenvalue weighted by Crippen LogP contribution is 2.21. The van der Waals surface area contributed by atoms with E-state index in [1.807, 2.05) is 0 Å². The summed E-state index contributed by atoms with van der Waals surface area (Å²) in [5.74, 6) is -1.10. The molecule has 3 N–H and O–H groups in total. The Hall–Kier alpha value is -3.04. The first kappa shape index (κ1) is 17.3. The highest BCUT2D eigenvalue weighted by molar-refractivity contribution is 6.31. The van der Waals surface area contributed by atoms with Gasteiger partial charge in [-0.05, 0) is 48.9 Å². The van der Waals surface area contributed by atoms with Crippen molar-refractivity contribution in [2.45, 2.75) is 6.92 Å². The second-order valence-electron chi connectivity index (χ2n) is 4.90. The van der Waals surface area contributed by atoms with Crippen molar-refractivity contribution in [1.82, 2.24) is 0 Å². The normalized spacial score (nSPS) is 10.8. The summed E-state index contributed by atoms with van der Waals surface area (Å²) in [6.45, 7) is 1.71. The molecule has 0 aliphatic rings. The fourth-order valence-corrected chi connectivity index (χ4v) is 2.05. The van der Waals surface area contributed by atoms with Crippen LogP contribution >= 0.6 is 11.6 Å². The molecule has 0 unspecified atom stereocenters. The third-order valence-corrected chi connectivity index (χ3v) is 3.42. The number of amides is 1. The third kappa shape index (κ3) is 4.24. The molecular weight excluding hydrogens is 333 g/mol. The smallest absolute Gasteiger partial charge is 0.267 e. The molecule has 2 aromatic carbocycles. The van der Waals surface area contributed by atoms with E-state index in [-0.39, 0.29) is 16.3 Å². The number of carbonyl (C=O) groups is 1. The van der Waals surface area contributed by atoms with Gasteiger partial charge in [0, 0.05) is 17.6 Å². The standard InChI is InChI=1S/C17H13ClFN3O2/c1-10-6-13(23)3-5-16(10)22-17(24)11(8-20)9-21-12-2-4-15(19)14(18)7-12/h2-7,9,21,23H,1H3,(H,22,24)/b11-9-. The molecule has 0 aliphatic carbocycles. The minimum Gasteiger partial charge on any atom is -0.508 e. The van der Waals surface area contributed by atoms with E-state index >= 15 is 0 Å². The highest BCUT2D eigenvalue weighted by atomic mass is 35.5. The Morgan fingerprint density at radius 2 is 2.08 bits per heavy atom. The number of hydrogen-bond acceptors (Lipinski definition) is 4. The fourth-order valence-electron chi connectivity index (χ4n) is 1.87. The number of hydrogen-bond donors (Lipinski definition) is 3. The predicted molar refractivity (Wildman–Crippen MR) is 90.2 cm³/mol. The zero-order valence-corrected chi connectivity index (χ0v) is 13.4. The lowest BCUT2D eigenvalue weighted by Gasteiger charge is -2.08. The van der Waals surface area contributed by atoms with Crippen LogP contribution < -0.4 is 10.6 Å². The van der Waals surface area contributed by atoms with E-state index in [1.165, 1.54) is 42.6 Å². The van der Waals surface area contributed by atoms with Gasteiger partial charge in [-0.3, -0.25) is 4.79 Å². The molecule has 2 rings (SSSR count). The first-order valence-corrected chi connectivity index (χ1v) is 7.21. The van der Waals surface area contributed by atoms with E-state index < -0.39 is 11.7 Å². The van der Waals surface area contributed by atoms with Crippen molar-refractivity contribution >= 4 is 28.9 Å². The lowest BCUT2D eigenvalue weighted by atomic mass is 10.2. The maximum atomic E-state index is 13.1. The van der Waals surface area contributed by atoms with E-state index in [0.717, 1.165) is 0 Å². The number of anilines is 2. The maximum Gasteiger partial charge on any atom is 0.267 e. The maximum absolute atomic E-state index is 13.1. The van der Waals surface area contributed by atoms with Gasteiger partial charge in [-0.1, -0.05) is 11.6 Å². The SMILES string of the molecule is Cc1cc(O)ccc1NC(=O)/C(C#N)=C\Nc1ccc(F)c(Cl)c1. The Balaban J connectivity index is 2.13. The van der Waals surface area contributed by atoms with Gasteiger partial charge in [0.25, 0.3) is 5.91 Å². The van der Waals surface area contributed by atoms with Crippen LogP contribution in [0.2, 0.25) is 5.02 Å². The molecule has 0 saturated heterocycles. The molecule has 0 atom stereocenters. The molecule has 0 aromatic heterocycles. The van der Waals surface area contributed by atoms with Gasteiger partial charge < -0.3 is 15.7 Å². The summed E-state index contributed by atoms with van der Waals surface area (Å²) in [7, 11) is 0. The van der Waals surface area contributed by atoms with E-state index in [4.69, 9.17) is 16.9 Å². The Morgan fingerprint density at radius 1 is 1.33 bits per heavy atom. The minimum atomic E-state index is -0.619. The van der Waals surface area contributed by atoms with Crippen molar-refractivity contribution < 1.29 is 14.3 Å². The molecular formula is C17H13ClFN3O2. The number of halogens is 2. The van der Waals surface area contributed by atoms with Crippen LogP contribution in [0.15, 0.2) is 48.2 Å². The molecule has 0 spiro atoms. The summed E-state index contributed by atoms with van der Waals surface area (Å²) in [5.41, 5.74) is 1.38. The molecule has 0 aliphatic heterocycles. The van der Waals surface area contributed by atoms with E-state index in [1.54, 1.807) is 13.0 Å². The first-order chi connectivity index (χ1) is 11.4. The van der Waals surface area contributed by atoms with Crippen LogP contribution in [0.25, 0.3) is 0 Å². The molecule has 0 heterocycles. The largest absolute Gasteiger partial charge is 0.508 e. The zero-order valence-electron chi connectivity index (χ0n) is 12.6. The summed E-state index contributed by atoms with van der Waals surface area (Å²) in [6, 6.07) is 10.2. The molecule has 0 radical (unpaired) electrons. The number of rotatable bonds is 4. The number of aryl methyl sites for hydroxylation is 1. The van der Waals surface area contributed by atoms with Gasteiger partial charge in [-0.25, -0.2) is 4.39 Å². The summed E-state index contributed by atoms with van der Waals surface area (Å²) in [6.07, 6.45) is 1.20. The number of nitrogens with one attached hydrogen (secondary N) is 2. The molecule has 7 heteroatoms. The molecule has 2 aromatic rings. The van der Waals surface area contributed by atoms with Crippen molar-refractivity contribution in [2.24, 2.45) is 0 Å². The Kier molecular flexibility index (Phi) is 5.40. The second kappa shape index (κ2) is 7.49. The Morgan fingerprint density at radius 3 is 2.71 bits per heavy atom. The van der Waals surface area contributed by atoms with E-state index in [9.17, 15) is 14.3 Å². The number of phenolic OH excluding ortho intramolecular Hbond substituents is 1. The van der Waals surface area contributed by atoms with E-state index in [2.05, 4.69) is 10.6 Å².